The van der Waals surface area contributed by atoms with E-state index in [1.165, 1.54) is 6.20 Å². The Morgan fingerprint density at radius 1 is 1.32 bits per heavy atom. The molecule has 1 amide bonds. The second-order valence-electron chi connectivity index (χ2n) is 5.14. The van der Waals surface area contributed by atoms with Gasteiger partial charge in [0.15, 0.2) is 5.82 Å². The molecule has 0 spiro atoms. The van der Waals surface area contributed by atoms with Gasteiger partial charge in [0, 0.05) is 30.7 Å². The molecule has 2 rings (SSSR count). The smallest absolute Gasteiger partial charge is 0.256 e. The Kier molecular flexibility index (Phi) is 5.37. The molecule has 7 nitrogen and oxygen atoms in total. The van der Waals surface area contributed by atoms with Gasteiger partial charge in [0.05, 0.1) is 5.56 Å². The van der Waals surface area contributed by atoms with Gasteiger partial charge in [-0.05, 0) is 39.2 Å². The number of amides is 1. The lowest BCUT2D eigenvalue weighted by Gasteiger charge is -2.10. The third-order valence-electron chi connectivity index (χ3n) is 3.07. The molecule has 0 radical (unpaired) electrons. The highest BCUT2D eigenvalue weighted by molar-refractivity contribution is 5.98. The number of hydrogen-bond acceptors (Lipinski definition) is 6. The monoisotopic (exact) mass is 300 g/mol. The van der Waals surface area contributed by atoms with Gasteiger partial charge >= 0.3 is 0 Å². The topological polar surface area (TPSA) is 97.0 Å². The summed E-state index contributed by atoms with van der Waals surface area (Å²) in [5, 5.41) is 2.82. The molecular formula is C15H20N6O. The minimum atomic E-state index is -0.252. The van der Waals surface area contributed by atoms with Crippen LogP contribution in [0.5, 0.6) is 0 Å². The van der Waals surface area contributed by atoms with E-state index in [-0.39, 0.29) is 11.7 Å². The van der Waals surface area contributed by atoms with Crippen LogP contribution in [0.15, 0.2) is 30.7 Å². The first-order chi connectivity index (χ1) is 10.6. The highest BCUT2D eigenvalue weighted by Crippen LogP contribution is 2.16. The van der Waals surface area contributed by atoms with Crippen molar-refractivity contribution in [3.63, 3.8) is 0 Å². The van der Waals surface area contributed by atoms with Crippen molar-refractivity contribution in [1.82, 2.24) is 25.2 Å². The van der Waals surface area contributed by atoms with Crippen LogP contribution in [0, 0.1) is 0 Å². The Morgan fingerprint density at radius 3 is 2.68 bits per heavy atom. The molecule has 3 N–H and O–H groups in total. The van der Waals surface area contributed by atoms with Crippen LogP contribution in [-0.4, -0.2) is 52.9 Å². The molecule has 0 bridgehead atoms. The fourth-order valence-electron chi connectivity index (χ4n) is 1.90. The molecule has 0 aliphatic heterocycles. The summed E-state index contributed by atoms with van der Waals surface area (Å²) in [5.74, 6) is 0.397. The van der Waals surface area contributed by atoms with Crippen LogP contribution in [0.4, 0.5) is 5.82 Å². The molecule has 2 aromatic rings. The summed E-state index contributed by atoms with van der Waals surface area (Å²) in [6.07, 6.45) is 5.63. The van der Waals surface area contributed by atoms with E-state index in [0.29, 0.717) is 17.9 Å². The normalized spacial score (nSPS) is 10.7. The minimum Gasteiger partial charge on any atom is -0.383 e. The quantitative estimate of drug-likeness (QED) is 0.766. The van der Waals surface area contributed by atoms with Crippen molar-refractivity contribution in [2.75, 3.05) is 32.9 Å². The average Bonchev–Trinajstić information content (AvgIpc) is 2.52. The molecule has 0 atom stereocenters. The lowest BCUT2D eigenvalue weighted by molar-refractivity contribution is 0.0952. The van der Waals surface area contributed by atoms with E-state index in [1.54, 1.807) is 24.5 Å². The summed E-state index contributed by atoms with van der Waals surface area (Å²) < 4.78 is 0. The van der Waals surface area contributed by atoms with Crippen LogP contribution in [0.25, 0.3) is 11.4 Å². The maximum Gasteiger partial charge on any atom is 0.256 e. The fraction of sp³-hybridized carbons (Fsp3) is 0.333. The zero-order chi connectivity index (χ0) is 15.9. The Hall–Kier alpha value is -2.54. The summed E-state index contributed by atoms with van der Waals surface area (Å²) in [7, 11) is 3.98. The molecule has 0 aromatic carbocycles. The van der Waals surface area contributed by atoms with E-state index in [1.807, 2.05) is 14.1 Å². The Morgan fingerprint density at radius 2 is 2.05 bits per heavy atom. The van der Waals surface area contributed by atoms with Crippen molar-refractivity contribution in [2.45, 2.75) is 6.42 Å². The first kappa shape index (κ1) is 15.8. The largest absolute Gasteiger partial charge is 0.383 e. The van der Waals surface area contributed by atoms with E-state index in [4.69, 9.17) is 5.73 Å². The molecule has 0 unspecified atom stereocenters. The molecule has 0 saturated carbocycles. The van der Waals surface area contributed by atoms with Crippen molar-refractivity contribution >= 4 is 11.7 Å². The average molecular weight is 300 g/mol. The predicted molar refractivity (Wildman–Crippen MR) is 85.2 cm³/mol. The maximum atomic E-state index is 12.1. The van der Waals surface area contributed by atoms with E-state index < -0.39 is 0 Å². The molecular weight excluding hydrogens is 280 g/mol. The first-order valence-electron chi connectivity index (χ1n) is 7.04. The third kappa shape index (κ3) is 4.23. The van der Waals surface area contributed by atoms with Crippen molar-refractivity contribution in [3.8, 4) is 11.4 Å². The van der Waals surface area contributed by atoms with Gasteiger partial charge in [-0.1, -0.05) is 0 Å². The van der Waals surface area contributed by atoms with E-state index in [2.05, 4.69) is 25.2 Å². The molecule has 0 aliphatic rings. The number of pyridine rings is 1. The van der Waals surface area contributed by atoms with Crippen molar-refractivity contribution in [3.05, 3.63) is 36.3 Å². The number of nitrogens with zero attached hydrogens (tertiary/aromatic N) is 4. The predicted octanol–water partition coefficient (Wildman–Crippen LogP) is 0.802. The summed E-state index contributed by atoms with van der Waals surface area (Å²) in [6.45, 7) is 1.50. The lowest BCUT2D eigenvalue weighted by atomic mass is 10.2. The number of nitrogens with one attached hydrogen (secondary N) is 1. The maximum absolute atomic E-state index is 12.1. The molecule has 22 heavy (non-hydrogen) atoms. The number of carbonyl (C=O) groups is 1. The first-order valence-corrected chi connectivity index (χ1v) is 7.04. The lowest BCUT2D eigenvalue weighted by Crippen LogP contribution is -2.28. The van der Waals surface area contributed by atoms with Crippen molar-refractivity contribution in [1.29, 1.82) is 0 Å². The fourth-order valence-corrected chi connectivity index (χ4v) is 1.90. The summed E-state index contributed by atoms with van der Waals surface area (Å²) in [4.78, 5) is 26.5. The van der Waals surface area contributed by atoms with Gasteiger partial charge < -0.3 is 16.0 Å². The number of aromatic nitrogens is 3. The van der Waals surface area contributed by atoms with Crippen LogP contribution in [0.1, 0.15) is 16.8 Å². The van der Waals surface area contributed by atoms with Gasteiger partial charge in [0.2, 0.25) is 0 Å². The zero-order valence-corrected chi connectivity index (χ0v) is 12.8. The van der Waals surface area contributed by atoms with Crippen molar-refractivity contribution < 1.29 is 4.79 Å². The number of rotatable bonds is 6. The summed E-state index contributed by atoms with van der Waals surface area (Å²) in [5.41, 5.74) is 6.98. The van der Waals surface area contributed by atoms with Gasteiger partial charge in [-0.2, -0.15) is 0 Å². The Balaban J connectivity index is 2.02. The van der Waals surface area contributed by atoms with Crippen molar-refractivity contribution in [2.24, 2.45) is 0 Å². The minimum absolute atomic E-state index is 0.173. The van der Waals surface area contributed by atoms with Crippen LogP contribution in [-0.2, 0) is 0 Å². The zero-order valence-electron chi connectivity index (χ0n) is 12.8. The molecule has 0 aliphatic carbocycles. The number of nitrogen functional groups attached to an aromatic ring is 1. The van der Waals surface area contributed by atoms with Crippen LogP contribution < -0.4 is 11.1 Å². The summed E-state index contributed by atoms with van der Waals surface area (Å²) >= 11 is 0. The van der Waals surface area contributed by atoms with E-state index in [9.17, 15) is 4.79 Å². The molecule has 2 heterocycles. The number of carbonyl (C=O) groups excluding carboxylic acids is 1. The molecule has 116 valence electrons. The third-order valence-corrected chi connectivity index (χ3v) is 3.07. The van der Waals surface area contributed by atoms with Gasteiger partial charge in [-0.25, -0.2) is 9.97 Å². The Bertz CT molecular complexity index is 629. The van der Waals surface area contributed by atoms with Gasteiger partial charge in [0.1, 0.15) is 5.82 Å². The second-order valence-corrected chi connectivity index (χ2v) is 5.14. The van der Waals surface area contributed by atoms with Crippen LogP contribution in [0.2, 0.25) is 0 Å². The van der Waals surface area contributed by atoms with E-state index >= 15 is 0 Å². The molecule has 7 heteroatoms. The number of anilines is 1. The Labute approximate surface area is 129 Å². The standard InChI is InChI=1S/C15H20N6O/c1-21(2)9-3-6-18-15(22)12-10-19-14(20-13(12)16)11-4-7-17-8-5-11/h4-5,7-8,10H,3,6,9H2,1-2H3,(H,18,22)(H2,16,19,20). The molecule has 0 saturated heterocycles. The molecule has 2 aromatic heterocycles. The van der Waals surface area contributed by atoms with Gasteiger partial charge in [-0.15, -0.1) is 0 Å². The van der Waals surface area contributed by atoms with Crippen LogP contribution in [0.3, 0.4) is 0 Å². The van der Waals surface area contributed by atoms with Gasteiger partial charge in [0.25, 0.3) is 5.91 Å². The van der Waals surface area contributed by atoms with E-state index in [0.717, 1.165) is 18.5 Å². The highest BCUT2D eigenvalue weighted by Gasteiger charge is 2.12. The van der Waals surface area contributed by atoms with Gasteiger partial charge in [-0.3, -0.25) is 9.78 Å². The van der Waals surface area contributed by atoms with Crippen LogP contribution >= 0.6 is 0 Å². The number of nitrogens with two attached hydrogens (primary N) is 1. The molecule has 0 fully saturated rings. The summed E-state index contributed by atoms with van der Waals surface area (Å²) in [6, 6.07) is 3.57. The second kappa shape index (κ2) is 7.46. The number of hydrogen-bond donors (Lipinski definition) is 2. The SMILES string of the molecule is CN(C)CCCNC(=O)c1cnc(-c2ccncc2)nc1N. The highest BCUT2D eigenvalue weighted by atomic mass is 16.1.